The normalized spacial score (nSPS) is 12.9. The third kappa shape index (κ3) is 6.12. The maximum Gasteiger partial charge on any atom is 0.414 e. The van der Waals surface area contributed by atoms with Gasteiger partial charge in [0, 0.05) is 18.4 Å². The molecule has 1 aromatic heterocycles. The van der Waals surface area contributed by atoms with Crippen molar-refractivity contribution < 1.29 is 14.6 Å². The van der Waals surface area contributed by atoms with Gasteiger partial charge in [0.15, 0.2) is 0 Å². The van der Waals surface area contributed by atoms with E-state index < -0.39 is 11.7 Å². The zero-order valence-electron chi connectivity index (χ0n) is 11.4. The Kier molecular flexibility index (Phi) is 5.20. The Morgan fingerprint density at radius 2 is 2.05 bits per heavy atom. The molecule has 7 heteroatoms. The Morgan fingerprint density at radius 3 is 2.53 bits per heavy atom. The number of carbonyl (C=O) groups excluding carboxylic acids is 1. The zero-order valence-corrected chi connectivity index (χ0v) is 11.4. The standard InChI is InChI=1S/C12H20N4O3/c1-12(2,3)19-11(18)16-10-14-5-8(6-15-10)4-9(13)7-17/h5-6,9,17H,4,7,13H2,1-3H3,(H,14,15,16,18). The molecule has 0 aliphatic rings. The van der Waals surface area contributed by atoms with Gasteiger partial charge in [-0.3, -0.25) is 5.32 Å². The Balaban J connectivity index is 2.55. The second kappa shape index (κ2) is 6.44. The van der Waals surface area contributed by atoms with Gasteiger partial charge in [0.25, 0.3) is 0 Å². The average molecular weight is 268 g/mol. The quantitative estimate of drug-likeness (QED) is 0.740. The Morgan fingerprint density at radius 1 is 1.47 bits per heavy atom. The molecule has 1 rings (SSSR count). The van der Waals surface area contributed by atoms with Crippen molar-refractivity contribution in [2.24, 2.45) is 5.73 Å². The highest BCUT2D eigenvalue weighted by Crippen LogP contribution is 2.09. The summed E-state index contributed by atoms with van der Waals surface area (Å²) in [5.41, 5.74) is 5.81. The van der Waals surface area contributed by atoms with Gasteiger partial charge in [0.1, 0.15) is 5.60 Å². The van der Waals surface area contributed by atoms with E-state index in [9.17, 15) is 4.79 Å². The number of aliphatic hydroxyl groups excluding tert-OH is 1. The summed E-state index contributed by atoms with van der Waals surface area (Å²) in [5, 5.41) is 11.3. The molecule has 1 amide bonds. The SMILES string of the molecule is CC(C)(C)OC(=O)Nc1ncc(CC(N)CO)cn1. The van der Waals surface area contributed by atoms with Crippen LogP contribution in [-0.4, -0.2) is 39.4 Å². The largest absolute Gasteiger partial charge is 0.444 e. The molecule has 0 fully saturated rings. The van der Waals surface area contributed by atoms with Crippen LogP contribution in [0.15, 0.2) is 12.4 Å². The number of carbonyl (C=O) groups is 1. The number of anilines is 1. The van der Waals surface area contributed by atoms with Crippen molar-refractivity contribution in [1.82, 2.24) is 9.97 Å². The summed E-state index contributed by atoms with van der Waals surface area (Å²) < 4.78 is 5.07. The van der Waals surface area contributed by atoms with Crippen LogP contribution in [0.2, 0.25) is 0 Å². The highest BCUT2D eigenvalue weighted by atomic mass is 16.6. The van der Waals surface area contributed by atoms with Crippen molar-refractivity contribution in [3.05, 3.63) is 18.0 Å². The number of nitrogens with zero attached hydrogens (tertiary/aromatic N) is 2. The summed E-state index contributed by atoms with van der Waals surface area (Å²) in [4.78, 5) is 19.4. The fraction of sp³-hybridized carbons (Fsp3) is 0.583. The lowest BCUT2D eigenvalue weighted by Gasteiger charge is -2.19. The van der Waals surface area contributed by atoms with Crippen LogP contribution in [0.1, 0.15) is 26.3 Å². The number of nitrogens with two attached hydrogens (primary N) is 1. The number of amides is 1. The van der Waals surface area contributed by atoms with Crippen molar-refractivity contribution in [3.63, 3.8) is 0 Å². The van der Waals surface area contributed by atoms with E-state index in [-0.39, 0.29) is 18.6 Å². The smallest absolute Gasteiger partial charge is 0.414 e. The number of aliphatic hydroxyl groups is 1. The van der Waals surface area contributed by atoms with Crippen LogP contribution in [0, 0.1) is 0 Å². The molecular weight excluding hydrogens is 248 g/mol. The molecule has 0 aliphatic heterocycles. The first-order valence-electron chi connectivity index (χ1n) is 5.97. The number of hydrogen-bond donors (Lipinski definition) is 3. The maximum absolute atomic E-state index is 11.5. The number of ether oxygens (including phenoxy) is 1. The van der Waals surface area contributed by atoms with Gasteiger partial charge < -0.3 is 15.6 Å². The van der Waals surface area contributed by atoms with Crippen LogP contribution in [0.3, 0.4) is 0 Å². The van der Waals surface area contributed by atoms with Gasteiger partial charge in [-0.25, -0.2) is 14.8 Å². The number of hydrogen-bond acceptors (Lipinski definition) is 6. The molecule has 1 unspecified atom stereocenters. The number of aromatic nitrogens is 2. The van der Waals surface area contributed by atoms with Gasteiger partial charge >= 0.3 is 6.09 Å². The summed E-state index contributed by atoms with van der Waals surface area (Å²) in [6.45, 7) is 5.21. The summed E-state index contributed by atoms with van der Waals surface area (Å²) >= 11 is 0. The number of nitrogens with one attached hydrogen (secondary N) is 1. The van der Waals surface area contributed by atoms with E-state index in [1.165, 1.54) is 0 Å². The molecule has 0 saturated heterocycles. The molecule has 0 aliphatic carbocycles. The van der Waals surface area contributed by atoms with Crippen molar-refractivity contribution in [3.8, 4) is 0 Å². The Labute approximate surface area is 112 Å². The second-order valence-electron chi connectivity index (χ2n) is 5.19. The van der Waals surface area contributed by atoms with Crippen LogP contribution < -0.4 is 11.1 Å². The van der Waals surface area contributed by atoms with Crippen LogP contribution in [0.5, 0.6) is 0 Å². The molecule has 7 nitrogen and oxygen atoms in total. The van der Waals surface area contributed by atoms with E-state index in [2.05, 4.69) is 15.3 Å². The first-order chi connectivity index (χ1) is 8.80. The van der Waals surface area contributed by atoms with Gasteiger partial charge in [-0.2, -0.15) is 0 Å². The van der Waals surface area contributed by atoms with E-state index in [0.717, 1.165) is 5.56 Å². The van der Waals surface area contributed by atoms with Crippen LogP contribution in [-0.2, 0) is 11.2 Å². The molecule has 1 heterocycles. The topological polar surface area (TPSA) is 110 Å². The molecule has 1 aromatic rings. The highest BCUT2D eigenvalue weighted by molar-refractivity contribution is 5.82. The van der Waals surface area contributed by atoms with Gasteiger partial charge in [0.05, 0.1) is 6.61 Å². The molecule has 4 N–H and O–H groups in total. The molecule has 0 bridgehead atoms. The predicted octanol–water partition coefficient (Wildman–Crippen LogP) is 0.686. The van der Waals surface area contributed by atoms with E-state index in [1.54, 1.807) is 33.2 Å². The number of rotatable bonds is 4. The van der Waals surface area contributed by atoms with Gasteiger partial charge in [-0.1, -0.05) is 0 Å². The highest BCUT2D eigenvalue weighted by Gasteiger charge is 2.16. The first kappa shape index (κ1) is 15.3. The van der Waals surface area contributed by atoms with Gasteiger partial charge in [-0.15, -0.1) is 0 Å². The minimum atomic E-state index is -0.604. The van der Waals surface area contributed by atoms with E-state index >= 15 is 0 Å². The van der Waals surface area contributed by atoms with Crippen LogP contribution in [0.25, 0.3) is 0 Å². The molecule has 0 aromatic carbocycles. The van der Waals surface area contributed by atoms with E-state index in [1.807, 2.05) is 0 Å². The summed E-state index contributed by atoms with van der Waals surface area (Å²) in [5.74, 6) is 0.163. The van der Waals surface area contributed by atoms with Crippen LogP contribution >= 0.6 is 0 Å². The van der Waals surface area contributed by atoms with Gasteiger partial charge in [-0.05, 0) is 32.8 Å². The second-order valence-corrected chi connectivity index (χ2v) is 5.19. The molecule has 106 valence electrons. The van der Waals surface area contributed by atoms with Gasteiger partial charge in [0.2, 0.25) is 5.95 Å². The predicted molar refractivity (Wildman–Crippen MR) is 70.7 cm³/mol. The lowest BCUT2D eigenvalue weighted by atomic mass is 10.1. The Hall–Kier alpha value is -1.73. The summed E-state index contributed by atoms with van der Waals surface area (Å²) in [6, 6.07) is -0.340. The maximum atomic E-state index is 11.5. The lowest BCUT2D eigenvalue weighted by molar-refractivity contribution is 0.0634. The van der Waals surface area contributed by atoms with E-state index in [4.69, 9.17) is 15.6 Å². The molecular formula is C12H20N4O3. The molecule has 19 heavy (non-hydrogen) atoms. The minimum absolute atomic E-state index is 0.0993. The Bertz CT molecular complexity index is 414. The van der Waals surface area contributed by atoms with Crippen LogP contribution in [0.4, 0.5) is 10.7 Å². The third-order valence-corrected chi connectivity index (χ3v) is 2.05. The van der Waals surface area contributed by atoms with E-state index in [0.29, 0.717) is 6.42 Å². The molecule has 1 atom stereocenters. The molecule has 0 spiro atoms. The fourth-order valence-electron chi connectivity index (χ4n) is 1.29. The average Bonchev–Trinajstić information content (AvgIpc) is 2.29. The fourth-order valence-corrected chi connectivity index (χ4v) is 1.29. The zero-order chi connectivity index (χ0) is 14.5. The summed E-state index contributed by atoms with van der Waals surface area (Å²) in [7, 11) is 0. The monoisotopic (exact) mass is 268 g/mol. The summed E-state index contributed by atoms with van der Waals surface area (Å²) in [6.07, 6.45) is 2.97. The van der Waals surface area contributed by atoms with Crippen molar-refractivity contribution in [2.75, 3.05) is 11.9 Å². The van der Waals surface area contributed by atoms with Crippen molar-refractivity contribution in [2.45, 2.75) is 38.8 Å². The van der Waals surface area contributed by atoms with Crippen molar-refractivity contribution >= 4 is 12.0 Å². The molecule has 0 saturated carbocycles. The molecule has 0 radical (unpaired) electrons. The lowest BCUT2D eigenvalue weighted by Crippen LogP contribution is -2.28. The minimum Gasteiger partial charge on any atom is -0.444 e. The first-order valence-corrected chi connectivity index (χ1v) is 5.97. The van der Waals surface area contributed by atoms with Crippen molar-refractivity contribution in [1.29, 1.82) is 0 Å². The third-order valence-electron chi connectivity index (χ3n) is 2.05.